The summed E-state index contributed by atoms with van der Waals surface area (Å²) in [4.78, 5) is 0. The van der Waals surface area contributed by atoms with Gasteiger partial charge in [0.2, 0.25) is 0 Å². The van der Waals surface area contributed by atoms with E-state index in [4.69, 9.17) is 0 Å². The number of halogens is 3. The van der Waals surface area contributed by atoms with Gasteiger partial charge in [0.05, 0.1) is 0 Å². The fourth-order valence-electron chi connectivity index (χ4n) is 2.27. The molecule has 0 amide bonds. The molecular formula is C17H18F3N. The van der Waals surface area contributed by atoms with Crippen molar-refractivity contribution >= 4 is 0 Å². The molecule has 0 radical (unpaired) electrons. The van der Waals surface area contributed by atoms with Crippen LogP contribution in [0, 0.1) is 17.5 Å². The van der Waals surface area contributed by atoms with E-state index in [-0.39, 0.29) is 23.8 Å². The van der Waals surface area contributed by atoms with Gasteiger partial charge in [-0.2, -0.15) is 0 Å². The average molecular weight is 293 g/mol. The second-order valence-electron chi connectivity index (χ2n) is 5.00. The Hall–Kier alpha value is -1.81. The number of rotatable bonds is 6. The molecule has 0 fully saturated rings. The van der Waals surface area contributed by atoms with E-state index >= 15 is 0 Å². The van der Waals surface area contributed by atoms with Crippen LogP contribution in [0.15, 0.2) is 42.5 Å². The van der Waals surface area contributed by atoms with Crippen molar-refractivity contribution in [1.82, 2.24) is 5.32 Å². The molecule has 2 rings (SSSR count). The lowest BCUT2D eigenvalue weighted by molar-refractivity contribution is 0.505. The normalized spacial score (nSPS) is 12.4. The molecule has 1 atom stereocenters. The van der Waals surface area contributed by atoms with E-state index < -0.39 is 11.6 Å². The Morgan fingerprint density at radius 2 is 1.76 bits per heavy atom. The summed E-state index contributed by atoms with van der Waals surface area (Å²) in [5.74, 6) is -1.26. The molecule has 0 aliphatic carbocycles. The standard InChI is InChI=1S/C17H18F3N/c1-2-8-21-17(12-4-3-5-14(18)9-12)11-13-10-15(19)6-7-16(13)20/h3-7,9-10,17,21H,2,8,11H2,1H3. The van der Waals surface area contributed by atoms with Gasteiger partial charge in [-0.1, -0.05) is 19.1 Å². The van der Waals surface area contributed by atoms with Crippen LogP contribution in [0.5, 0.6) is 0 Å². The lowest BCUT2D eigenvalue weighted by Crippen LogP contribution is -2.24. The molecule has 1 N–H and O–H groups in total. The monoisotopic (exact) mass is 293 g/mol. The largest absolute Gasteiger partial charge is 0.310 e. The van der Waals surface area contributed by atoms with E-state index in [9.17, 15) is 13.2 Å². The van der Waals surface area contributed by atoms with E-state index in [0.717, 1.165) is 30.7 Å². The van der Waals surface area contributed by atoms with Crippen molar-refractivity contribution in [2.75, 3.05) is 6.54 Å². The molecule has 0 bridgehead atoms. The third kappa shape index (κ3) is 4.33. The summed E-state index contributed by atoms with van der Waals surface area (Å²) < 4.78 is 40.4. The highest BCUT2D eigenvalue weighted by molar-refractivity contribution is 5.25. The van der Waals surface area contributed by atoms with Crippen molar-refractivity contribution < 1.29 is 13.2 Å². The summed E-state index contributed by atoms with van der Waals surface area (Å²) in [7, 11) is 0. The van der Waals surface area contributed by atoms with Crippen molar-refractivity contribution in [1.29, 1.82) is 0 Å². The zero-order valence-electron chi connectivity index (χ0n) is 11.9. The number of hydrogen-bond donors (Lipinski definition) is 1. The summed E-state index contributed by atoms with van der Waals surface area (Å²) in [5, 5.41) is 3.25. The van der Waals surface area contributed by atoms with Crippen LogP contribution in [0.1, 0.15) is 30.5 Å². The minimum Gasteiger partial charge on any atom is -0.310 e. The molecule has 112 valence electrons. The molecule has 2 aromatic carbocycles. The van der Waals surface area contributed by atoms with Crippen LogP contribution in [0.25, 0.3) is 0 Å². The van der Waals surface area contributed by atoms with Gasteiger partial charge in [0.1, 0.15) is 17.5 Å². The third-order valence-electron chi connectivity index (χ3n) is 3.32. The summed E-state index contributed by atoms with van der Waals surface area (Å²) in [6.07, 6.45) is 1.17. The maximum absolute atomic E-state index is 13.8. The van der Waals surface area contributed by atoms with Crippen LogP contribution in [0.4, 0.5) is 13.2 Å². The van der Waals surface area contributed by atoms with E-state index in [2.05, 4.69) is 5.32 Å². The maximum atomic E-state index is 13.8. The van der Waals surface area contributed by atoms with Gasteiger partial charge in [-0.15, -0.1) is 0 Å². The predicted octanol–water partition coefficient (Wildman–Crippen LogP) is 4.39. The molecule has 21 heavy (non-hydrogen) atoms. The molecule has 0 heterocycles. The van der Waals surface area contributed by atoms with Gasteiger partial charge in [-0.25, -0.2) is 13.2 Å². The van der Waals surface area contributed by atoms with Crippen molar-refractivity contribution in [2.45, 2.75) is 25.8 Å². The average Bonchev–Trinajstić information content (AvgIpc) is 2.47. The van der Waals surface area contributed by atoms with Crippen molar-refractivity contribution in [3.05, 3.63) is 71.0 Å². The molecule has 2 aromatic rings. The fourth-order valence-corrected chi connectivity index (χ4v) is 2.27. The highest BCUT2D eigenvalue weighted by Crippen LogP contribution is 2.21. The van der Waals surface area contributed by atoms with Crippen molar-refractivity contribution in [3.8, 4) is 0 Å². The highest BCUT2D eigenvalue weighted by atomic mass is 19.1. The first-order chi connectivity index (χ1) is 10.1. The van der Waals surface area contributed by atoms with Gasteiger partial charge in [-0.05, 0) is 60.8 Å². The van der Waals surface area contributed by atoms with E-state index in [1.165, 1.54) is 18.2 Å². The van der Waals surface area contributed by atoms with Crippen LogP contribution in [0.2, 0.25) is 0 Å². The van der Waals surface area contributed by atoms with Crippen LogP contribution in [-0.2, 0) is 6.42 Å². The molecule has 1 unspecified atom stereocenters. The van der Waals surface area contributed by atoms with Crippen molar-refractivity contribution in [2.24, 2.45) is 0 Å². The zero-order chi connectivity index (χ0) is 15.2. The first-order valence-corrected chi connectivity index (χ1v) is 7.03. The van der Waals surface area contributed by atoms with Gasteiger partial charge in [0, 0.05) is 6.04 Å². The van der Waals surface area contributed by atoms with Crippen LogP contribution in [-0.4, -0.2) is 6.54 Å². The molecule has 0 spiro atoms. The highest BCUT2D eigenvalue weighted by Gasteiger charge is 2.15. The second kappa shape index (κ2) is 7.27. The first-order valence-electron chi connectivity index (χ1n) is 7.03. The minimum atomic E-state index is -0.472. The van der Waals surface area contributed by atoms with E-state index in [1.807, 2.05) is 6.92 Å². The second-order valence-corrected chi connectivity index (χ2v) is 5.00. The molecule has 0 saturated heterocycles. The molecule has 0 aromatic heterocycles. The summed E-state index contributed by atoms with van der Waals surface area (Å²) in [6.45, 7) is 2.73. The number of hydrogen-bond acceptors (Lipinski definition) is 1. The Morgan fingerprint density at radius 3 is 2.48 bits per heavy atom. The molecule has 0 saturated carbocycles. The lowest BCUT2D eigenvalue weighted by Gasteiger charge is -2.19. The van der Waals surface area contributed by atoms with Gasteiger partial charge >= 0.3 is 0 Å². The van der Waals surface area contributed by atoms with Crippen LogP contribution >= 0.6 is 0 Å². The quantitative estimate of drug-likeness (QED) is 0.833. The topological polar surface area (TPSA) is 12.0 Å². The summed E-state index contributed by atoms with van der Waals surface area (Å²) in [6, 6.07) is 9.34. The Bertz CT molecular complexity index is 598. The molecule has 0 aliphatic heterocycles. The smallest absolute Gasteiger partial charge is 0.126 e. The summed E-state index contributed by atoms with van der Waals surface area (Å²) in [5.41, 5.74) is 1.01. The fraction of sp³-hybridized carbons (Fsp3) is 0.294. The Balaban J connectivity index is 2.25. The third-order valence-corrected chi connectivity index (χ3v) is 3.32. The summed E-state index contributed by atoms with van der Waals surface area (Å²) >= 11 is 0. The van der Waals surface area contributed by atoms with Crippen molar-refractivity contribution in [3.63, 3.8) is 0 Å². The van der Waals surface area contributed by atoms with Gasteiger partial charge in [0.15, 0.2) is 0 Å². The van der Waals surface area contributed by atoms with Crippen LogP contribution < -0.4 is 5.32 Å². The number of benzene rings is 2. The molecule has 4 heteroatoms. The number of nitrogens with one attached hydrogen (secondary N) is 1. The van der Waals surface area contributed by atoms with E-state index in [0.29, 0.717) is 0 Å². The predicted molar refractivity (Wildman–Crippen MR) is 77.5 cm³/mol. The minimum absolute atomic E-state index is 0.253. The first kappa shape index (κ1) is 15.6. The van der Waals surface area contributed by atoms with Gasteiger partial charge in [0.25, 0.3) is 0 Å². The van der Waals surface area contributed by atoms with Crippen LogP contribution in [0.3, 0.4) is 0 Å². The van der Waals surface area contributed by atoms with Gasteiger partial charge in [-0.3, -0.25) is 0 Å². The SMILES string of the molecule is CCCNC(Cc1cc(F)ccc1F)c1cccc(F)c1. The lowest BCUT2D eigenvalue weighted by atomic mass is 9.98. The maximum Gasteiger partial charge on any atom is 0.126 e. The Morgan fingerprint density at radius 1 is 1.00 bits per heavy atom. The Kier molecular flexibility index (Phi) is 5.39. The van der Waals surface area contributed by atoms with E-state index in [1.54, 1.807) is 12.1 Å². The zero-order valence-corrected chi connectivity index (χ0v) is 11.9. The molecular weight excluding hydrogens is 275 g/mol. The van der Waals surface area contributed by atoms with Gasteiger partial charge < -0.3 is 5.32 Å². The molecule has 0 aliphatic rings. The Labute approximate surface area is 122 Å². The molecule has 1 nitrogen and oxygen atoms in total.